The molecule has 122 valence electrons. The number of amides is 1. The molecule has 3 rings (SSSR count). The van der Waals surface area contributed by atoms with E-state index < -0.39 is 0 Å². The summed E-state index contributed by atoms with van der Waals surface area (Å²) in [7, 11) is 0. The Morgan fingerprint density at radius 2 is 1.79 bits per heavy atom. The van der Waals surface area contributed by atoms with E-state index >= 15 is 0 Å². The molecule has 24 heavy (non-hydrogen) atoms. The van der Waals surface area contributed by atoms with Crippen molar-refractivity contribution in [1.82, 2.24) is 5.32 Å². The normalized spacial score (nSPS) is 11.9. The number of hydrogen-bond acceptors (Lipinski definition) is 2. The maximum atomic E-state index is 12.5. The molecule has 0 aliphatic rings. The Morgan fingerprint density at radius 3 is 2.46 bits per heavy atom. The molecule has 0 fully saturated rings. The molecule has 0 aliphatic heterocycles. The molecule has 1 aromatic heterocycles. The molecule has 2 aromatic carbocycles. The summed E-state index contributed by atoms with van der Waals surface area (Å²) in [5, 5.41) is 3.09. The molecule has 0 saturated heterocycles. The van der Waals surface area contributed by atoms with Crippen LogP contribution >= 0.6 is 0 Å². The summed E-state index contributed by atoms with van der Waals surface area (Å²) in [5.41, 5.74) is 4.45. The number of carbonyl (C=O) groups excluding carboxylic acids is 1. The first kappa shape index (κ1) is 16.1. The summed E-state index contributed by atoms with van der Waals surface area (Å²) in [5.74, 6) is 0.707. The highest BCUT2D eigenvalue weighted by molar-refractivity contribution is 5.79. The van der Waals surface area contributed by atoms with Gasteiger partial charge in [-0.3, -0.25) is 4.79 Å². The second-order valence-corrected chi connectivity index (χ2v) is 6.02. The third kappa shape index (κ3) is 3.74. The minimum Gasteiger partial charge on any atom is -0.467 e. The average Bonchev–Trinajstić information content (AvgIpc) is 3.11. The summed E-state index contributed by atoms with van der Waals surface area (Å²) in [6.07, 6.45) is 1.98. The molecule has 0 radical (unpaired) electrons. The molecular formula is C21H21NO2. The van der Waals surface area contributed by atoms with Crippen LogP contribution in [0.1, 0.15) is 34.1 Å². The lowest BCUT2D eigenvalue weighted by Gasteiger charge is -2.17. The third-order valence-electron chi connectivity index (χ3n) is 4.20. The zero-order valence-electron chi connectivity index (χ0n) is 14.0. The molecule has 1 N–H and O–H groups in total. The number of aryl methyl sites for hydroxylation is 2. The van der Waals surface area contributed by atoms with Crippen molar-refractivity contribution in [2.45, 2.75) is 26.3 Å². The van der Waals surface area contributed by atoms with E-state index in [2.05, 4.69) is 31.3 Å². The molecule has 3 nitrogen and oxygen atoms in total. The first-order valence-electron chi connectivity index (χ1n) is 8.07. The van der Waals surface area contributed by atoms with Crippen molar-refractivity contribution in [1.29, 1.82) is 0 Å². The largest absolute Gasteiger partial charge is 0.467 e. The van der Waals surface area contributed by atoms with Gasteiger partial charge >= 0.3 is 0 Å². The van der Waals surface area contributed by atoms with Gasteiger partial charge in [-0.05, 0) is 48.2 Å². The number of hydrogen-bond donors (Lipinski definition) is 1. The van der Waals surface area contributed by atoms with E-state index in [9.17, 15) is 4.79 Å². The molecular weight excluding hydrogens is 298 g/mol. The SMILES string of the molecule is Cc1ccc(CC(=O)N[C@H](c2ccccc2)c2ccco2)cc1C. The fraction of sp³-hybridized carbons (Fsp3) is 0.190. The van der Waals surface area contributed by atoms with E-state index in [-0.39, 0.29) is 11.9 Å². The molecule has 0 saturated carbocycles. The van der Waals surface area contributed by atoms with Crippen molar-refractivity contribution in [3.63, 3.8) is 0 Å². The van der Waals surface area contributed by atoms with Gasteiger partial charge in [0, 0.05) is 0 Å². The minimum atomic E-state index is -0.278. The summed E-state index contributed by atoms with van der Waals surface area (Å²) >= 11 is 0. The maximum absolute atomic E-state index is 12.5. The molecule has 0 unspecified atom stereocenters. The Balaban J connectivity index is 1.77. The van der Waals surface area contributed by atoms with Crippen molar-refractivity contribution >= 4 is 5.91 Å². The summed E-state index contributed by atoms with van der Waals surface area (Å²) in [4.78, 5) is 12.5. The smallest absolute Gasteiger partial charge is 0.225 e. The lowest BCUT2D eigenvalue weighted by molar-refractivity contribution is -0.121. The number of nitrogens with one attached hydrogen (secondary N) is 1. The van der Waals surface area contributed by atoms with Crippen LogP contribution in [0.15, 0.2) is 71.3 Å². The van der Waals surface area contributed by atoms with Gasteiger partial charge in [0.25, 0.3) is 0 Å². The highest BCUT2D eigenvalue weighted by Crippen LogP contribution is 2.22. The van der Waals surface area contributed by atoms with E-state index in [0.717, 1.165) is 16.9 Å². The minimum absolute atomic E-state index is 0.0245. The lowest BCUT2D eigenvalue weighted by Crippen LogP contribution is -2.30. The average molecular weight is 319 g/mol. The van der Waals surface area contributed by atoms with Crippen LogP contribution in [0.4, 0.5) is 0 Å². The summed E-state index contributed by atoms with van der Waals surface area (Å²) in [6.45, 7) is 4.13. The molecule has 0 bridgehead atoms. The van der Waals surface area contributed by atoms with Gasteiger partial charge in [-0.2, -0.15) is 0 Å². The van der Waals surface area contributed by atoms with Crippen LogP contribution in [0.3, 0.4) is 0 Å². The van der Waals surface area contributed by atoms with E-state index in [1.807, 2.05) is 48.5 Å². The van der Waals surface area contributed by atoms with Crippen LogP contribution in [0, 0.1) is 13.8 Å². The van der Waals surface area contributed by atoms with E-state index in [4.69, 9.17) is 4.42 Å². The molecule has 3 aromatic rings. The zero-order chi connectivity index (χ0) is 16.9. The standard InChI is InChI=1S/C21H21NO2/c1-15-10-11-17(13-16(15)2)14-20(23)22-21(19-9-6-12-24-19)18-7-4-3-5-8-18/h3-13,21H,14H2,1-2H3,(H,22,23)/t21-/m1/s1. The van der Waals surface area contributed by atoms with Gasteiger partial charge in [0.2, 0.25) is 5.91 Å². The fourth-order valence-electron chi connectivity index (χ4n) is 2.73. The summed E-state index contributed by atoms with van der Waals surface area (Å²) < 4.78 is 5.52. The van der Waals surface area contributed by atoms with Gasteiger partial charge in [-0.25, -0.2) is 0 Å². The quantitative estimate of drug-likeness (QED) is 0.760. The van der Waals surface area contributed by atoms with Crippen molar-refractivity contribution in [3.8, 4) is 0 Å². The van der Waals surface area contributed by atoms with Crippen LogP contribution in [0.25, 0.3) is 0 Å². The highest BCUT2D eigenvalue weighted by atomic mass is 16.3. The van der Waals surface area contributed by atoms with Gasteiger partial charge in [0.15, 0.2) is 0 Å². The molecule has 1 atom stereocenters. The molecule has 1 heterocycles. The van der Waals surface area contributed by atoms with Gasteiger partial charge < -0.3 is 9.73 Å². The summed E-state index contributed by atoms with van der Waals surface area (Å²) in [6, 6.07) is 19.4. The number of furan rings is 1. The van der Waals surface area contributed by atoms with E-state index in [1.54, 1.807) is 6.26 Å². The predicted molar refractivity (Wildman–Crippen MR) is 94.8 cm³/mol. The Bertz CT molecular complexity index is 807. The number of rotatable bonds is 5. The van der Waals surface area contributed by atoms with Crippen LogP contribution in [0.5, 0.6) is 0 Å². The van der Waals surface area contributed by atoms with E-state index in [0.29, 0.717) is 6.42 Å². The van der Waals surface area contributed by atoms with Crippen molar-refractivity contribution in [2.75, 3.05) is 0 Å². The maximum Gasteiger partial charge on any atom is 0.225 e. The Morgan fingerprint density at radius 1 is 1.00 bits per heavy atom. The van der Waals surface area contributed by atoms with Crippen LogP contribution in [-0.4, -0.2) is 5.91 Å². The third-order valence-corrected chi connectivity index (χ3v) is 4.20. The van der Waals surface area contributed by atoms with Crippen LogP contribution in [-0.2, 0) is 11.2 Å². The predicted octanol–water partition coefficient (Wildman–Crippen LogP) is 4.34. The molecule has 0 spiro atoms. The molecule has 1 amide bonds. The highest BCUT2D eigenvalue weighted by Gasteiger charge is 2.19. The molecule has 0 aliphatic carbocycles. The van der Waals surface area contributed by atoms with E-state index in [1.165, 1.54) is 11.1 Å². The van der Waals surface area contributed by atoms with Gasteiger partial charge in [-0.15, -0.1) is 0 Å². The van der Waals surface area contributed by atoms with Crippen LogP contribution < -0.4 is 5.32 Å². The van der Waals surface area contributed by atoms with Gasteiger partial charge in [0.1, 0.15) is 11.8 Å². The lowest BCUT2D eigenvalue weighted by atomic mass is 10.0. The topological polar surface area (TPSA) is 42.2 Å². The van der Waals surface area contributed by atoms with Crippen LogP contribution in [0.2, 0.25) is 0 Å². The second kappa shape index (κ2) is 7.18. The Hall–Kier alpha value is -2.81. The monoisotopic (exact) mass is 319 g/mol. The Kier molecular flexibility index (Phi) is 4.80. The van der Waals surface area contributed by atoms with Crippen molar-refractivity contribution < 1.29 is 9.21 Å². The zero-order valence-corrected chi connectivity index (χ0v) is 14.0. The number of carbonyl (C=O) groups is 1. The van der Waals surface area contributed by atoms with Gasteiger partial charge in [0.05, 0.1) is 12.7 Å². The second-order valence-electron chi connectivity index (χ2n) is 6.02. The molecule has 3 heteroatoms. The van der Waals surface area contributed by atoms with Crippen molar-refractivity contribution in [2.24, 2.45) is 0 Å². The van der Waals surface area contributed by atoms with Crippen molar-refractivity contribution in [3.05, 3.63) is 94.9 Å². The number of benzene rings is 2. The van der Waals surface area contributed by atoms with Gasteiger partial charge in [-0.1, -0.05) is 48.5 Å². The first-order chi connectivity index (χ1) is 11.6. The fourth-order valence-corrected chi connectivity index (χ4v) is 2.73. The Labute approximate surface area is 142 Å². The first-order valence-corrected chi connectivity index (χ1v) is 8.07.